The van der Waals surface area contributed by atoms with Gasteiger partial charge in [0.05, 0.1) is 17.7 Å². The summed E-state index contributed by atoms with van der Waals surface area (Å²) in [5.74, 6) is 5.60. The number of hydrazone groups is 1. The molecular weight excluding hydrogens is 294 g/mol. The maximum Gasteiger partial charge on any atom is 0.311 e. The maximum atomic E-state index is 11.1. The number of nitrogens with two attached hydrogens (primary N) is 1. The van der Waals surface area contributed by atoms with Crippen molar-refractivity contribution >= 4 is 23.0 Å². The fourth-order valence-corrected chi connectivity index (χ4v) is 2.12. The van der Waals surface area contributed by atoms with Crippen molar-refractivity contribution in [2.45, 2.75) is 0 Å². The van der Waals surface area contributed by atoms with Gasteiger partial charge in [-0.2, -0.15) is 5.10 Å². The van der Waals surface area contributed by atoms with Gasteiger partial charge in [-0.15, -0.1) is 0 Å². The van der Waals surface area contributed by atoms with Crippen molar-refractivity contribution in [3.8, 4) is 5.75 Å². The van der Waals surface area contributed by atoms with Crippen molar-refractivity contribution in [1.29, 1.82) is 0 Å². The number of nitrogens with zero attached hydrogens (tertiary/aromatic N) is 2. The summed E-state index contributed by atoms with van der Waals surface area (Å²) < 4.78 is 4.97. The minimum absolute atomic E-state index is 0.154. The molecule has 0 aliphatic heterocycles. The molecule has 2 aromatic carbocycles. The summed E-state index contributed by atoms with van der Waals surface area (Å²) in [6.07, 6.45) is 0. The summed E-state index contributed by atoms with van der Waals surface area (Å²) in [4.78, 5) is 10.5. The summed E-state index contributed by atoms with van der Waals surface area (Å²) in [5, 5.41) is 15.3. The molecule has 0 aliphatic carbocycles. The van der Waals surface area contributed by atoms with Gasteiger partial charge >= 0.3 is 5.69 Å². The molecule has 0 radical (unpaired) electrons. The van der Waals surface area contributed by atoms with Gasteiger partial charge in [0.2, 0.25) is 0 Å². The number of hydrogen-bond donors (Lipinski definition) is 1. The normalized spacial score (nSPS) is 11.2. The lowest BCUT2D eigenvalue weighted by molar-refractivity contribution is -0.385. The SMILES string of the molecule is COc1ccc(/C(=N\N)c2cccc(Cl)c2)cc1[N+](=O)[O-]. The largest absolute Gasteiger partial charge is 0.490 e. The van der Waals surface area contributed by atoms with Crippen molar-refractivity contribution in [1.82, 2.24) is 0 Å². The third kappa shape index (κ3) is 3.11. The van der Waals surface area contributed by atoms with E-state index in [1.807, 2.05) is 0 Å². The highest BCUT2D eigenvalue weighted by molar-refractivity contribution is 6.31. The predicted molar refractivity (Wildman–Crippen MR) is 80.9 cm³/mol. The van der Waals surface area contributed by atoms with E-state index in [9.17, 15) is 10.1 Å². The standard InChI is InChI=1S/C14H12ClN3O3/c1-21-13-6-5-10(8-12(13)18(19)20)14(17-16)9-3-2-4-11(15)7-9/h2-8H,16H2,1H3/b17-14-. The van der Waals surface area contributed by atoms with Gasteiger partial charge < -0.3 is 10.6 Å². The molecule has 0 saturated carbocycles. The highest BCUT2D eigenvalue weighted by atomic mass is 35.5. The third-order valence-corrected chi connectivity index (χ3v) is 3.11. The number of methoxy groups -OCH3 is 1. The topological polar surface area (TPSA) is 90.8 Å². The van der Waals surface area contributed by atoms with Gasteiger partial charge in [-0.25, -0.2) is 0 Å². The molecule has 108 valence electrons. The van der Waals surface area contributed by atoms with Gasteiger partial charge in [-0.1, -0.05) is 23.7 Å². The molecule has 21 heavy (non-hydrogen) atoms. The van der Waals surface area contributed by atoms with E-state index in [-0.39, 0.29) is 11.4 Å². The first kappa shape index (κ1) is 14.8. The molecule has 2 N–H and O–H groups in total. The molecule has 0 unspecified atom stereocenters. The van der Waals surface area contributed by atoms with Gasteiger partial charge in [-0.3, -0.25) is 10.1 Å². The van der Waals surface area contributed by atoms with Crippen LogP contribution in [-0.2, 0) is 0 Å². The van der Waals surface area contributed by atoms with E-state index in [0.717, 1.165) is 0 Å². The molecule has 2 aromatic rings. The maximum absolute atomic E-state index is 11.1. The monoisotopic (exact) mass is 305 g/mol. The molecule has 7 heteroatoms. The van der Waals surface area contributed by atoms with Crippen molar-refractivity contribution < 1.29 is 9.66 Å². The third-order valence-electron chi connectivity index (χ3n) is 2.88. The first-order valence-corrected chi connectivity index (χ1v) is 6.31. The highest BCUT2D eigenvalue weighted by Crippen LogP contribution is 2.28. The fraction of sp³-hybridized carbons (Fsp3) is 0.0714. The number of halogens is 1. The Bertz CT molecular complexity index is 716. The van der Waals surface area contributed by atoms with Crippen LogP contribution in [0.2, 0.25) is 5.02 Å². The lowest BCUT2D eigenvalue weighted by Crippen LogP contribution is -2.07. The second-order valence-electron chi connectivity index (χ2n) is 4.13. The van der Waals surface area contributed by atoms with Crippen LogP contribution in [0.1, 0.15) is 11.1 Å². The summed E-state index contributed by atoms with van der Waals surface area (Å²) in [7, 11) is 1.37. The van der Waals surface area contributed by atoms with Crippen LogP contribution in [0.5, 0.6) is 5.75 Å². The van der Waals surface area contributed by atoms with E-state index in [2.05, 4.69) is 5.10 Å². The molecule has 6 nitrogen and oxygen atoms in total. The van der Waals surface area contributed by atoms with Crippen LogP contribution < -0.4 is 10.6 Å². The number of hydrogen-bond acceptors (Lipinski definition) is 5. The summed E-state index contributed by atoms with van der Waals surface area (Å²) in [5.41, 5.74) is 1.43. The quantitative estimate of drug-likeness (QED) is 0.407. The minimum atomic E-state index is -0.519. The second kappa shape index (κ2) is 6.23. The number of rotatable bonds is 4. The minimum Gasteiger partial charge on any atom is -0.490 e. The molecule has 0 aromatic heterocycles. The Morgan fingerprint density at radius 3 is 2.57 bits per heavy atom. The van der Waals surface area contributed by atoms with E-state index in [0.29, 0.717) is 21.9 Å². The van der Waals surface area contributed by atoms with E-state index in [4.69, 9.17) is 22.2 Å². The summed E-state index contributed by atoms with van der Waals surface area (Å²) in [6.45, 7) is 0. The molecule has 0 amide bonds. The van der Waals surface area contributed by atoms with Crippen LogP contribution >= 0.6 is 11.6 Å². The Kier molecular flexibility index (Phi) is 4.39. The Balaban J connectivity index is 2.54. The van der Waals surface area contributed by atoms with Crippen LogP contribution in [0.25, 0.3) is 0 Å². The number of nitro benzene ring substituents is 1. The lowest BCUT2D eigenvalue weighted by Gasteiger charge is -2.08. The van der Waals surface area contributed by atoms with Gasteiger partial charge in [-0.05, 0) is 24.3 Å². The fourth-order valence-electron chi connectivity index (χ4n) is 1.93. The van der Waals surface area contributed by atoms with E-state index < -0.39 is 4.92 Å². The average molecular weight is 306 g/mol. The van der Waals surface area contributed by atoms with Gasteiger partial charge in [0.25, 0.3) is 0 Å². The zero-order valence-corrected chi connectivity index (χ0v) is 11.9. The van der Waals surface area contributed by atoms with Gasteiger partial charge in [0.1, 0.15) is 0 Å². The van der Waals surface area contributed by atoms with Crippen molar-refractivity contribution in [2.24, 2.45) is 10.9 Å². The van der Waals surface area contributed by atoms with Crippen LogP contribution in [0.3, 0.4) is 0 Å². The molecular formula is C14H12ClN3O3. The van der Waals surface area contributed by atoms with Gasteiger partial charge in [0, 0.05) is 22.2 Å². The Labute approximate surface area is 125 Å². The van der Waals surface area contributed by atoms with Crippen molar-refractivity contribution in [2.75, 3.05) is 7.11 Å². The average Bonchev–Trinajstić information content (AvgIpc) is 2.48. The number of benzene rings is 2. The van der Waals surface area contributed by atoms with Crippen LogP contribution in [-0.4, -0.2) is 17.7 Å². The zero-order chi connectivity index (χ0) is 15.4. The van der Waals surface area contributed by atoms with E-state index in [1.165, 1.54) is 19.2 Å². The van der Waals surface area contributed by atoms with Crippen LogP contribution in [0, 0.1) is 10.1 Å². The molecule has 0 saturated heterocycles. The molecule has 0 bridgehead atoms. The molecule has 0 heterocycles. The molecule has 2 rings (SSSR count). The highest BCUT2D eigenvalue weighted by Gasteiger charge is 2.18. The molecule has 0 spiro atoms. The summed E-state index contributed by atoms with van der Waals surface area (Å²) in [6, 6.07) is 11.4. The van der Waals surface area contributed by atoms with Crippen LogP contribution in [0.4, 0.5) is 5.69 Å². The van der Waals surface area contributed by atoms with E-state index in [1.54, 1.807) is 30.3 Å². The second-order valence-corrected chi connectivity index (χ2v) is 4.57. The molecule has 0 fully saturated rings. The first-order valence-electron chi connectivity index (χ1n) is 5.93. The molecule has 0 atom stereocenters. The Morgan fingerprint density at radius 2 is 2.00 bits per heavy atom. The summed E-state index contributed by atoms with van der Waals surface area (Å²) >= 11 is 5.94. The van der Waals surface area contributed by atoms with Crippen molar-refractivity contribution in [3.05, 3.63) is 68.7 Å². The Hall–Kier alpha value is -2.60. The number of ether oxygens (including phenoxy) is 1. The predicted octanol–water partition coefficient (Wildman–Crippen LogP) is 2.97. The first-order chi connectivity index (χ1) is 10.1. The Morgan fingerprint density at radius 1 is 1.29 bits per heavy atom. The van der Waals surface area contributed by atoms with Crippen LogP contribution in [0.15, 0.2) is 47.6 Å². The zero-order valence-electron chi connectivity index (χ0n) is 11.1. The van der Waals surface area contributed by atoms with Gasteiger partial charge in [0.15, 0.2) is 5.75 Å². The van der Waals surface area contributed by atoms with Crippen molar-refractivity contribution in [3.63, 3.8) is 0 Å². The smallest absolute Gasteiger partial charge is 0.311 e. The van der Waals surface area contributed by atoms with E-state index >= 15 is 0 Å². The molecule has 0 aliphatic rings. The number of nitro groups is 1. The lowest BCUT2D eigenvalue weighted by atomic mass is 10.0.